The Morgan fingerprint density at radius 3 is 1.55 bits per heavy atom. The molecule has 0 spiro atoms. The van der Waals surface area contributed by atoms with Gasteiger partial charge in [0.2, 0.25) is 0 Å². The van der Waals surface area contributed by atoms with Crippen molar-refractivity contribution in [1.82, 2.24) is 0 Å². The summed E-state index contributed by atoms with van der Waals surface area (Å²) in [6.45, 7) is 1.43. The molecule has 0 bridgehead atoms. The van der Waals surface area contributed by atoms with E-state index in [1.165, 1.54) is 6.92 Å². The number of nitriles is 1. The Hall–Kier alpha value is 0.700. The first-order chi connectivity index (χ1) is 10.4. The molecule has 2 fully saturated rings. The van der Waals surface area contributed by atoms with Crippen LogP contribution in [0, 0.1) is 11.3 Å². The second kappa shape index (κ2) is 10.5. The fourth-order valence-electron chi connectivity index (χ4n) is 2.69. The molecule has 0 radical (unpaired) electrons. The molecule has 2 aliphatic carbocycles. The Kier molecular flexibility index (Phi) is 9.94. The topological polar surface area (TPSA) is 82.7 Å². The van der Waals surface area contributed by atoms with Gasteiger partial charge < -0.3 is 0 Å². The van der Waals surface area contributed by atoms with E-state index in [0.717, 1.165) is 51.4 Å². The predicted molar refractivity (Wildman–Crippen MR) is 87.4 cm³/mol. The quantitative estimate of drug-likeness (QED) is 0.618. The molecular weight excluding hydrogens is 445 g/mol. The van der Waals surface area contributed by atoms with Gasteiger partial charge in [-0.3, -0.25) is 0 Å². The summed E-state index contributed by atoms with van der Waals surface area (Å²) >= 11 is -3.90. The molecule has 2 saturated carbocycles. The summed E-state index contributed by atoms with van der Waals surface area (Å²) in [4.78, 5) is 0. The number of aliphatic hydroxyl groups excluding tert-OH is 2. The molecule has 2 N–H and O–H groups in total. The molecule has 4 atom stereocenters. The zero-order valence-corrected chi connectivity index (χ0v) is 16.6. The van der Waals surface area contributed by atoms with Crippen molar-refractivity contribution < 1.29 is 16.4 Å². The molecule has 0 aromatic carbocycles. The van der Waals surface area contributed by atoms with Crippen LogP contribution in [0.15, 0.2) is 0 Å². The summed E-state index contributed by atoms with van der Waals surface area (Å²) in [5, 5.41) is 27.1. The molecule has 2 aliphatic rings. The molecule has 2 rings (SSSR count). The van der Waals surface area contributed by atoms with E-state index < -0.39 is 29.0 Å². The van der Waals surface area contributed by atoms with E-state index in [0.29, 0.717) is 0 Å². The molecule has 5 nitrogen and oxygen atoms in total. The first-order valence-electron chi connectivity index (χ1n) is 7.65. The van der Waals surface area contributed by atoms with Crippen molar-refractivity contribution in [3.8, 4) is 6.07 Å². The first-order valence-corrected chi connectivity index (χ1v) is 15.5. The van der Waals surface area contributed by atoms with Crippen LogP contribution in [-0.4, -0.2) is 51.4 Å². The van der Waals surface area contributed by atoms with Gasteiger partial charge in [-0.15, -0.1) is 0 Å². The fraction of sp³-hybridized carbons (Fsp3) is 0.929. The van der Waals surface area contributed by atoms with Crippen molar-refractivity contribution in [2.45, 2.75) is 82.7 Å². The number of nitrogens with zero attached hydrogens (tertiary/aromatic N) is 1. The van der Waals surface area contributed by atoms with E-state index in [9.17, 15) is 10.2 Å². The molecule has 0 amide bonds. The molecule has 0 aromatic heterocycles. The van der Waals surface area contributed by atoms with E-state index in [4.69, 9.17) is 29.4 Å². The normalized spacial score (nSPS) is 33.3. The van der Waals surface area contributed by atoms with E-state index in [1.807, 2.05) is 0 Å². The van der Waals surface area contributed by atoms with E-state index >= 15 is 0 Å². The van der Waals surface area contributed by atoms with Crippen LogP contribution in [0.3, 0.4) is 0 Å². The summed E-state index contributed by atoms with van der Waals surface area (Å²) in [6.07, 6.45) is 5.40. The summed E-state index contributed by atoms with van der Waals surface area (Å²) in [6, 6.07) is 1.75. The Labute approximate surface area is 144 Å². The van der Waals surface area contributed by atoms with Gasteiger partial charge in [0.1, 0.15) is 0 Å². The van der Waals surface area contributed by atoms with Gasteiger partial charge in [-0.05, 0) is 0 Å². The molecule has 0 aliphatic heterocycles. The van der Waals surface area contributed by atoms with Gasteiger partial charge >= 0.3 is 127 Å². The second-order valence-corrected chi connectivity index (χ2v) is 15.3. The molecule has 4 unspecified atom stereocenters. The predicted octanol–water partition coefficient (Wildman–Crippen LogP) is 3.07. The summed E-state index contributed by atoms with van der Waals surface area (Å²) in [7, 11) is 12.4. The Bertz CT molecular complexity index is 341. The summed E-state index contributed by atoms with van der Waals surface area (Å²) in [5.41, 5.74) is 0. The molecule has 0 saturated heterocycles. The minimum absolute atomic E-state index is 0.314. The van der Waals surface area contributed by atoms with Crippen LogP contribution in [0.5, 0.6) is 0 Å². The maximum atomic E-state index is 9.87. The van der Waals surface area contributed by atoms with Gasteiger partial charge in [-0.25, -0.2) is 0 Å². The number of rotatable bonds is 4. The standard InChI is InChI=1S/C12H22Cl2O4Te.C2H3N/c13-19(14,17-11-7-3-1-5-9(11)15)18-12-8-4-2-6-10(12)16;1-2-3/h9-12,15-16H,1-8H2;1H3. The van der Waals surface area contributed by atoms with Crippen molar-refractivity contribution in [3.63, 3.8) is 0 Å². The number of hydrogen-bond donors (Lipinski definition) is 2. The van der Waals surface area contributed by atoms with E-state index in [2.05, 4.69) is 0 Å². The van der Waals surface area contributed by atoms with Crippen LogP contribution in [0.25, 0.3) is 0 Å². The van der Waals surface area contributed by atoms with Crippen LogP contribution < -0.4 is 0 Å². The van der Waals surface area contributed by atoms with Gasteiger partial charge in [-0.2, -0.15) is 5.26 Å². The van der Waals surface area contributed by atoms with Gasteiger partial charge in [0.15, 0.2) is 0 Å². The SMILES string of the molecule is CC#N.OC1CCCCC1O[Te](Cl)(Cl)OC1CCCCC1O. The summed E-state index contributed by atoms with van der Waals surface area (Å²) < 4.78 is 11.4. The maximum absolute atomic E-state index is 9.87. The summed E-state index contributed by atoms with van der Waals surface area (Å²) in [5.74, 6) is 0. The molecule has 8 heteroatoms. The zero-order valence-electron chi connectivity index (χ0n) is 12.8. The third-order valence-corrected chi connectivity index (χ3v) is 8.45. The average molecular weight is 470 g/mol. The van der Waals surface area contributed by atoms with Gasteiger partial charge in [0.25, 0.3) is 0 Å². The molecule has 0 aromatic rings. The van der Waals surface area contributed by atoms with Crippen LogP contribution >= 0.6 is 17.9 Å². The molecule has 130 valence electrons. The second-order valence-electron chi connectivity index (χ2n) is 5.57. The van der Waals surface area contributed by atoms with Crippen molar-refractivity contribution >= 4 is 34.7 Å². The third-order valence-electron chi connectivity index (χ3n) is 3.81. The van der Waals surface area contributed by atoms with Crippen LogP contribution in [-0.2, 0) is 6.20 Å². The Balaban J connectivity index is 0.000000745. The van der Waals surface area contributed by atoms with Gasteiger partial charge in [0, 0.05) is 6.92 Å². The van der Waals surface area contributed by atoms with E-state index in [-0.39, 0.29) is 12.2 Å². The fourth-order valence-corrected chi connectivity index (χ4v) is 8.25. The van der Waals surface area contributed by atoms with Crippen LogP contribution in [0.4, 0.5) is 0 Å². The average Bonchev–Trinajstić information content (AvgIpc) is 2.44. The zero-order chi connectivity index (χ0) is 16.6. The molecule has 22 heavy (non-hydrogen) atoms. The van der Waals surface area contributed by atoms with E-state index in [1.54, 1.807) is 6.07 Å². The van der Waals surface area contributed by atoms with Gasteiger partial charge in [0.05, 0.1) is 6.07 Å². The Morgan fingerprint density at radius 1 is 0.909 bits per heavy atom. The molecular formula is C14H25Cl2NO4Te. The number of hydrogen-bond acceptors (Lipinski definition) is 5. The third kappa shape index (κ3) is 7.51. The minimum atomic E-state index is -3.90. The van der Waals surface area contributed by atoms with Crippen molar-refractivity contribution in [3.05, 3.63) is 0 Å². The van der Waals surface area contributed by atoms with Crippen molar-refractivity contribution in [2.24, 2.45) is 0 Å². The number of halogens is 2. The monoisotopic (exact) mass is 471 g/mol. The van der Waals surface area contributed by atoms with Crippen LogP contribution in [0.1, 0.15) is 58.3 Å². The van der Waals surface area contributed by atoms with Gasteiger partial charge in [-0.1, -0.05) is 0 Å². The van der Waals surface area contributed by atoms with Crippen molar-refractivity contribution in [1.29, 1.82) is 5.26 Å². The Morgan fingerprint density at radius 2 is 1.23 bits per heavy atom. The number of aliphatic hydroxyl groups is 2. The van der Waals surface area contributed by atoms with Crippen LogP contribution in [0.2, 0.25) is 0 Å². The van der Waals surface area contributed by atoms with Crippen molar-refractivity contribution in [2.75, 3.05) is 0 Å². The molecule has 0 heterocycles. The first kappa shape index (κ1) is 20.7.